The van der Waals surface area contributed by atoms with Gasteiger partial charge in [0.25, 0.3) is 6.43 Å². The van der Waals surface area contributed by atoms with E-state index in [0.717, 1.165) is 0 Å². The Morgan fingerprint density at radius 3 is 2.78 bits per heavy atom. The first kappa shape index (κ1) is 5.98. The minimum atomic E-state index is -2.49. The summed E-state index contributed by atoms with van der Waals surface area (Å²) in [5.74, 6) is 0. The molecule has 1 aliphatic heterocycles. The zero-order chi connectivity index (χ0) is 6.69. The molecule has 0 aromatic carbocycles. The van der Waals surface area contributed by atoms with E-state index in [1.165, 1.54) is 12.5 Å². The summed E-state index contributed by atoms with van der Waals surface area (Å²) in [7, 11) is 0. The van der Waals surface area contributed by atoms with Gasteiger partial charge in [0.15, 0.2) is 0 Å². The highest BCUT2D eigenvalue weighted by Crippen LogP contribution is 2.03. The number of halogens is 2. The Labute approximate surface area is 50.6 Å². The predicted molar refractivity (Wildman–Crippen MR) is 29.2 cm³/mol. The lowest BCUT2D eigenvalue weighted by Crippen LogP contribution is -2.17. The maximum Gasteiger partial charge on any atom is 0.285 e. The fourth-order valence-corrected chi connectivity index (χ4v) is 0.419. The predicted octanol–water partition coefficient (Wildman–Crippen LogP) is 0.879. The van der Waals surface area contributed by atoms with Crippen molar-refractivity contribution in [1.29, 1.82) is 0 Å². The molecule has 0 fully saturated rings. The molecule has 2 nitrogen and oxygen atoms in total. The summed E-state index contributed by atoms with van der Waals surface area (Å²) in [6, 6.07) is 0. The Morgan fingerprint density at radius 1 is 1.67 bits per heavy atom. The monoisotopic (exact) mass is 130 g/mol. The van der Waals surface area contributed by atoms with Crippen LogP contribution in [0.5, 0.6) is 0 Å². The van der Waals surface area contributed by atoms with Crippen molar-refractivity contribution < 1.29 is 8.78 Å². The summed E-state index contributed by atoms with van der Waals surface area (Å²) in [6.07, 6.45) is -0.108. The maximum absolute atomic E-state index is 11.7. The van der Waals surface area contributed by atoms with Gasteiger partial charge in [0.2, 0.25) is 0 Å². The van der Waals surface area contributed by atoms with E-state index in [9.17, 15) is 8.78 Å². The molecule has 1 heterocycles. The quantitative estimate of drug-likeness (QED) is 0.523. The third-order valence-corrected chi connectivity index (χ3v) is 0.807. The third-order valence-electron chi connectivity index (χ3n) is 0.807. The lowest BCUT2D eigenvalue weighted by Gasteiger charge is -2.02. The summed E-state index contributed by atoms with van der Waals surface area (Å²) < 4.78 is 23.4. The number of nitrogens with zero attached hydrogens (tertiary/aromatic N) is 1. The molecule has 0 saturated heterocycles. The fraction of sp³-hybridized carbons (Fsp3) is 0.200. The molecule has 0 radical (unpaired) electrons. The number of rotatable bonds is 1. The van der Waals surface area contributed by atoms with Crippen LogP contribution in [-0.2, 0) is 0 Å². The van der Waals surface area contributed by atoms with Gasteiger partial charge in [-0.1, -0.05) is 5.73 Å². The molecule has 0 aromatic heterocycles. The second kappa shape index (κ2) is 2.42. The molecular formula is C5H4F2N2. The van der Waals surface area contributed by atoms with Crippen LogP contribution < -0.4 is 5.32 Å². The van der Waals surface area contributed by atoms with Gasteiger partial charge in [0.1, 0.15) is 5.70 Å². The number of alkyl halides is 2. The molecule has 1 N–H and O–H groups in total. The van der Waals surface area contributed by atoms with Crippen LogP contribution in [0.1, 0.15) is 0 Å². The van der Waals surface area contributed by atoms with E-state index < -0.39 is 6.43 Å². The molecule has 9 heavy (non-hydrogen) atoms. The van der Waals surface area contributed by atoms with Crippen LogP contribution in [0.2, 0.25) is 0 Å². The van der Waals surface area contributed by atoms with Crippen molar-refractivity contribution in [3.63, 3.8) is 0 Å². The molecular weight excluding hydrogens is 126 g/mol. The summed E-state index contributed by atoms with van der Waals surface area (Å²) in [5, 5.41) is 2.25. The summed E-state index contributed by atoms with van der Waals surface area (Å²) >= 11 is 0. The molecule has 48 valence electrons. The molecule has 0 unspecified atom stereocenters. The normalized spacial score (nSPS) is 15.7. The average molecular weight is 130 g/mol. The average Bonchev–Trinajstić information content (AvgIpc) is 1.90. The fourth-order valence-electron chi connectivity index (χ4n) is 0.419. The maximum atomic E-state index is 11.7. The number of hydrogen-bond acceptors (Lipinski definition) is 2. The van der Waals surface area contributed by atoms with Gasteiger partial charge in [-0.3, -0.25) is 0 Å². The van der Waals surface area contributed by atoms with Gasteiger partial charge in [-0.15, -0.1) is 0 Å². The van der Waals surface area contributed by atoms with E-state index in [-0.39, 0.29) is 5.70 Å². The molecule has 0 amide bonds. The minimum Gasteiger partial charge on any atom is -0.339 e. The van der Waals surface area contributed by atoms with E-state index in [1.54, 1.807) is 0 Å². The van der Waals surface area contributed by atoms with Crippen LogP contribution in [0.15, 0.2) is 22.6 Å². The smallest absolute Gasteiger partial charge is 0.285 e. The number of nitrogens with one attached hydrogen (secondary N) is 1. The molecule has 4 heteroatoms. The Bertz CT molecular complexity index is 189. The van der Waals surface area contributed by atoms with Crippen LogP contribution in [0.3, 0.4) is 0 Å². The summed E-state index contributed by atoms with van der Waals surface area (Å²) in [5.41, 5.74) is 2.02. The Kier molecular flexibility index (Phi) is 1.60. The van der Waals surface area contributed by atoms with Gasteiger partial charge in [-0.25, -0.2) is 13.8 Å². The highest BCUT2D eigenvalue weighted by molar-refractivity contribution is 5.59. The number of allylic oxidation sites excluding steroid dienone is 1. The first-order valence-electron chi connectivity index (χ1n) is 2.32. The van der Waals surface area contributed by atoms with E-state index in [2.05, 4.69) is 16.0 Å². The van der Waals surface area contributed by atoms with E-state index >= 15 is 0 Å². The van der Waals surface area contributed by atoms with Crippen LogP contribution in [0.25, 0.3) is 0 Å². The largest absolute Gasteiger partial charge is 0.339 e. The zero-order valence-corrected chi connectivity index (χ0v) is 4.44. The van der Waals surface area contributed by atoms with Gasteiger partial charge in [-0.05, 0) is 0 Å². The molecule has 1 rings (SSSR count). The molecule has 0 bridgehead atoms. The highest BCUT2D eigenvalue weighted by Gasteiger charge is 2.08. The van der Waals surface area contributed by atoms with Crippen molar-refractivity contribution in [1.82, 2.24) is 5.32 Å². The zero-order valence-electron chi connectivity index (χ0n) is 4.44. The summed E-state index contributed by atoms with van der Waals surface area (Å²) in [4.78, 5) is 3.48. The van der Waals surface area contributed by atoms with Gasteiger partial charge in [0.05, 0.1) is 12.5 Å². The van der Waals surface area contributed by atoms with Crippen LogP contribution in [0, 0.1) is 0 Å². The molecule has 0 aliphatic carbocycles. The molecule has 0 aromatic rings. The molecule has 0 spiro atoms. The molecule has 0 atom stereocenters. The van der Waals surface area contributed by atoms with E-state index in [1.807, 2.05) is 0 Å². The lowest BCUT2D eigenvalue weighted by atomic mass is 10.4. The van der Waals surface area contributed by atoms with Crippen molar-refractivity contribution in [2.24, 2.45) is 4.99 Å². The van der Waals surface area contributed by atoms with Crippen molar-refractivity contribution >= 4 is 6.34 Å². The SMILES string of the molecule is FC(F)C1=C=CN=CN1. The Morgan fingerprint density at radius 2 is 2.44 bits per heavy atom. The molecule has 1 aliphatic rings. The molecule has 0 saturated carbocycles. The van der Waals surface area contributed by atoms with Gasteiger partial charge >= 0.3 is 0 Å². The Balaban J connectivity index is 2.73. The van der Waals surface area contributed by atoms with Gasteiger partial charge in [-0.2, -0.15) is 0 Å². The third kappa shape index (κ3) is 1.37. The van der Waals surface area contributed by atoms with Crippen molar-refractivity contribution in [2.45, 2.75) is 6.43 Å². The van der Waals surface area contributed by atoms with Crippen molar-refractivity contribution in [2.75, 3.05) is 0 Å². The minimum absolute atomic E-state index is 0.231. The second-order valence-electron chi connectivity index (χ2n) is 1.41. The topological polar surface area (TPSA) is 24.4 Å². The van der Waals surface area contributed by atoms with Crippen LogP contribution >= 0.6 is 0 Å². The standard InChI is InChI=1S/C5H4F2N2/c6-5(7)4-1-2-8-3-9-4/h2-3,5H,(H,8,9). The Hall–Kier alpha value is -1.15. The first-order chi connectivity index (χ1) is 4.30. The highest BCUT2D eigenvalue weighted by atomic mass is 19.3. The van der Waals surface area contributed by atoms with Gasteiger partial charge in [0, 0.05) is 0 Å². The summed E-state index contributed by atoms with van der Waals surface area (Å²) in [6.45, 7) is 0. The van der Waals surface area contributed by atoms with Crippen LogP contribution in [0.4, 0.5) is 8.78 Å². The number of aliphatic imine (C=N–C) groups is 1. The van der Waals surface area contributed by atoms with E-state index in [4.69, 9.17) is 0 Å². The van der Waals surface area contributed by atoms with Crippen molar-refractivity contribution in [3.05, 3.63) is 17.6 Å². The number of hydrogen-bond donors (Lipinski definition) is 1. The lowest BCUT2D eigenvalue weighted by molar-refractivity contribution is 0.184. The van der Waals surface area contributed by atoms with Crippen molar-refractivity contribution in [3.8, 4) is 0 Å². The van der Waals surface area contributed by atoms with E-state index in [0.29, 0.717) is 0 Å². The van der Waals surface area contributed by atoms with Crippen LogP contribution in [-0.4, -0.2) is 12.8 Å². The second-order valence-corrected chi connectivity index (χ2v) is 1.41. The first-order valence-corrected chi connectivity index (χ1v) is 2.32. The van der Waals surface area contributed by atoms with Gasteiger partial charge < -0.3 is 5.32 Å².